The van der Waals surface area contributed by atoms with Crippen molar-refractivity contribution in [3.63, 3.8) is 0 Å². The van der Waals surface area contributed by atoms with Gasteiger partial charge in [-0.05, 0) is 12.1 Å². The molecule has 0 N–H and O–H groups in total. The standard InChI is InChI=1S/C8H4N2O3/c9-5-8(11)6-1-3-7(4-2-6)10(12)13/h1-4H. The summed E-state index contributed by atoms with van der Waals surface area (Å²) >= 11 is 0. The number of non-ortho nitro benzene ring substituents is 1. The fraction of sp³-hybridized carbons (Fsp3) is 0. The Morgan fingerprint density at radius 1 is 1.38 bits per heavy atom. The molecule has 64 valence electrons. The Balaban J connectivity index is 3.02. The Labute approximate surface area is 73.4 Å². The van der Waals surface area contributed by atoms with Crippen molar-refractivity contribution >= 4 is 11.5 Å². The van der Waals surface area contributed by atoms with Crippen molar-refractivity contribution in [2.75, 3.05) is 0 Å². The van der Waals surface area contributed by atoms with Crippen molar-refractivity contribution in [2.24, 2.45) is 0 Å². The Hall–Kier alpha value is -2.22. The Morgan fingerprint density at radius 2 is 1.92 bits per heavy atom. The number of nitrogens with zero attached hydrogens (tertiary/aromatic N) is 2. The van der Waals surface area contributed by atoms with Crippen molar-refractivity contribution in [3.8, 4) is 6.07 Å². The molecule has 0 aromatic heterocycles. The van der Waals surface area contributed by atoms with Gasteiger partial charge in [0.05, 0.1) is 4.92 Å². The van der Waals surface area contributed by atoms with E-state index in [0.29, 0.717) is 0 Å². The number of nitro benzene ring substituents is 1. The summed E-state index contributed by atoms with van der Waals surface area (Å²) in [6, 6.07) is 6.30. The first kappa shape index (κ1) is 8.87. The maximum Gasteiger partial charge on any atom is 0.269 e. The first-order valence-electron chi connectivity index (χ1n) is 3.34. The van der Waals surface area contributed by atoms with Gasteiger partial charge in [0.15, 0.2) is 0 Å². The van der Waals surface area contributed by atoms with E-state index < -0.39 is 10.7 Å². The van der Waals surface area contributed by atoms with Gasteiger partial charge in [0.25, 0.3) is 11.5 Å². The van der Waals surface area contributed by atoms with Gasteiger partial charge < -0.3 is 0 Å². The molecule has 0 spiro atoms. The first-order valence-corrected chi connectivity index (χ1v) is 3.34. The number of nitro groups is 1. The van der Waals surface area contributed by atoms with E-state index in [0.717, 1.165) is 0 Å². The van der Waals surface area contributed by atoms with Crippen LogP contribution in [-0.2, 0) is 0 Å². The molecule has 13 heavy (non-hydrogen) atoms. The van der Waals surface area contributed by atoms with Crippen molar-refractivity contribution < 1.29 is 9.72 Å². The van der Waals surface area contributed by atoms with Gasteiger partial charge in [-0.25, -0.2) is 0 Å². The zero-order valence-corrected chi connectivity index (χ0v) is 6.43. The fourth-order valence-electron chi connectivity index (χ4n) is 0.799. The van der Waals surface area contributed by atoms with Gasteiger partial charge in [0.2, 0.25) is 0 Å². The third kappa shape index (κ3) is 1.87. The van der Waals surface area contributed by atoms with Crippen LogP contribution in [0.25, 0.3) is 0 Å². The minimum Gasteiger partial charge on any atom is -0.277 e. The van der Waals surface area contributed by atoms with E-state index in [9.17, 15) is 14.9 Å². The van der Waals surface area contributed by atoms with Gasteiger partial charge in [-0.3, -0.25) is 14.9 Å². The number of carbonyl (C=O) groups is 1. The summed E-state index contributed by atoms with van der Waals surface area (Å²) in [5, 5.41) is 18.4. The molecule has 0 atom stereocenters. The molecule has 0 amide bonds. The van der Waals surface area contributed by atoms with Crippen LogP contribution < -0.4 is 0 Å². The third-order valence-electron chi connectivity index (χ3n) is 1.44. The molecule has 1 rings (SSSR count). The lowest BCUT2D eigenvalue weighted by Crippen LogP contribution is -1.94. The maximum absolute atomic E-state index is 10.8. The number of Topliss-reactive ketones (excluding diaryl/α,β-unsaturated/α-hetero) is 1. The normalized spacial score (nSPS) is 8.85. The van der Waals surface area contributed by atoms with E-state index in [1.807, 2.05) is 0 Å². The van der Waals surface area contributed by atoms with E-state index in [1.165, 1.54) is 30.3 Å². The minimum atomic E-state index is -0.699. The van der Waals surface area contributed by atoms with Crippen LogP contribution in [0, 0.1) is 21.4 Å². The summed E-state index contributed by atoms with van der Waals surface area (Å²) in [5.74, 6) is -0.699. The molecule has 0 fully saturated rings. The molecule has 0 aliphatic heterocycles. The van der Waals surface area contributed by atoms with Gasteiger partial charge in [0.1, 0.15) is 6.07 Å². The summed E-state index contributed by atoms with van der Waals surface area (Å²) < 4.78 is 0. The highest BCUT2D eigenvalue weighted by Gasteiger charge is 2.07. The Bertz CT molecular complexity index is 389. The number of nitriles is 1. The van der Waals surface area contributed by atoms with Crippen LogP contribution in [0.2, 0.25) is 0 Å². The maximum atomic E-state index is 10.8. The fourth-order valence-corrected chi connectivity index (χ4v) is 0.799. The van der Waals surface area contributed by atoms with Gasteiger partial charge in [0, 0.05) is 17.7 Å². The van der Waals surface area contributed by atoms with Gasteiger partial charge in [-0.15, -0.1) is 0 Å². The molecular weight excluding hydrogens is 172 g/mol. The highest BCUT2D eigenvalue weighted by atomic mass is 16.6. The van der Waals surface area contributed by atoms with E-state index in [1.54, 1.807) is 0 Å². The molecule has 0 saturated heterocycles. The Kier molecular flexibility index (Phi) is 2.36. The molecule has 0 aliphatic carbocycles. The number of hydrogen-bond acceptors (Lipinski definition) is 4. The molecule has 0 radical (unpaired) electrons. The quantitative estimate of drug-likeness (QED) is 0.294. The van der Waals surface area contributed by atoms with Crippen LogP contribution in [0.3, 0.4) is 0 Å². The summed E-state index contributed by atoms with van der Waals surface area (Å²) in [6.45, 7) is 0. The molecule has 1 aromatic rings. The Morgan fingerprint density at radius 3 is 2.31 bits per heavy atom. The van der Waals surface area contributed by atoms with Gasteiger partial charge in [-0.2, -0.15) is 5.26 Å². The molecule has 1 aromatic carbocycles. The van der Waals surface area contributed by atoms with Crippen molar-refractivity contribution in [2.45, 2.75) is 0 Å². The summed E-state index contributed by atoms with van der Waals surface area (Å²) in [7, 11) is 0. The lowest BCUT2D eigenvalue weighted by molar-refractivity contribution is -0.384. The van der Waals surface area contributed by atoms with Crippen LogP contribution in [0.4, 0.5) is 5.69 Å². The number of carbonyl (C=O) groups excluding carboxylic acids is 1. The summed E-state index contributed by atoms with van der Waals surface area (Å²) in [5.41, 5.74) is 0.0580. The molecular formula is C8H4N2O3. The third-order valence-corrected chi connectivity index (χ3v) is 1.44. The summed E-state index contributed by atoms with van der Waals surface area (Å²) in [6.07, 6.45) is 0. The zero-order chi connectivity index (χ0) is 9.84. The monoisotopic (exact) mass is 176 g/mol. The van der Waals surface area contributed by atoms with Crippen molar-refractivity contribution in [1.82, 2.24) is 0 Å². The first-order chi connectivity index (χ1) is 6.15. The lowest BCUT2D eigenvalue weighted by atomic mass is 10.1. The molecule has 0 bridgehead atoms. The van der Waals surface area contributed by atoms with E-state index in [4.69, 9.17) is 5.26 Å². The molecule has 0 aliphatic rings. The number of ketones is 1. The predicted octanol–water partition coefficient (Wildman–Crippen LogP) is 1.30. The van der Waals surface area contributed by atoms with Crippen molar-refractivity contribution in [1.29, 1.82) is 5.26 Å². The van der Waals surface area contributed by atoms with Crippen LogP contribution in [0.1, 0.15) is 10.4 Å². The summed E-state index contributed by atoms with van der Waals surface area (Å²) in [4.78, 5) is 20.4. The SMILES string of the molecule is N#CC(=O)c1ccc([N+](=O)[O-])cc1. The molecule has 5 nitrogen and oxygen atoms in total. The van der Waals surface area contributed by atoms with Gasteiger partial charge in [-0.1, -0.05) is 0 Å². The second-order valence-electron chi connectivity index (χ2n) is 2.24. The average molecular weight is 176 g/mol. The number of benzene rings is 1. The minimum absolute atomic E-state index is 0.102. The second kappa shape index (κ2) is 3.45. The smallest absolute Gasteiger partial charge is 0.269 e. The number of hydrogen-bond donors (Lipinski definition) is 0. The van der Waals surface area contributed by atoms with E-state index in [-0.39, 0.29) is 11.3 Å². The van der Waals surface area contributed by atoms with E-state index in [2.05, 4.69) is 0 Å². The molecule has 0 unspecified atom stereocenters. The van der Waals surface area contributed by atoms with Crippen LogP contribution >= 0.6 is 0 Å². The topological polar surface area (TPSA) is 84.0 Å². The van der Waals surface area contributed by atoms with Gasteiger partial charge >= 0.3 is 0 Å². The number of rotatable bonds is 2. The second-order valence-corrected chi connectivity index (χ2v) is 2.24. The van der Waals surface area contributed by atoms with E-state index >= 15 is 0 Å². The molecule has 0 heterocycles. The highest BCUT2D eigenvalue weighted by Crippen LogP contribution is 2.11. The zero-order valence-electron chi connectivity index (χ0n) is 6.43. The highest BCUT2D eigenvalue weighted by molar-refractivity contribution is 6.07. The van der Waals surface area contributed by atoms with Crippen LogP contribution in [0.5, 0.6) is 0 Å². The molecule has 5 heteroatoms. The van der Waals surface area contributed by atoms with Crippen LogP contribution in [0.15, 0.2) is 24.3 Å². The average Bonchev–Trinajstić information content (AvgIpc) is 2.17. The lowest BCUT2D eigenvalue weighted by Gasteiger charge is -1.92. The molecule has 0 saturated carbocycles. The largest absolute Gasteiger partial charge is 0.277 e. The predicted molar refractivity (Wildman–Crippen MR) is 43.0 cm³/mol. The van der Waals surface area contributed by atoms with Crippen molar-refractivity contribution in [3.05, 3.63) is 39.9 Å². The van der Waals surface area contributed by atoms with Crippen LogP contribution in [-0.4, -0.2) is 10.7 Å².